The minimum absolute atomic E-state index is 0.696. The number of ether oxygens (including phenoxy) is 1. The smallest absolute Gasteiger partial charge is 0.209 e. The van der Waals surface area contributed by atoms with Crippen LogP contribution < -0.4 is 4.74 Å². The molecule has 5 heteroatoms. The number of carbonyl (C=O) groups excluding carboxylic acids is 1. The maximum Gasteiger partial charge on any atom is 0.209 e. The minimum atomic E-state index is 0.696. The van der Waals surface area contributed by atoms with Crippen molar-refractivity contribution in [3.8, 4) is 5.75 Å². The summed E-state index contributed by atoms with van der Waals surface area (Å²) < 4.78 is 5.20. The molecule has 120 valence electrons. The molecule has 0 bridgehead atoms. The van der Waals surface area contributed by atoms with Gasteiger partial charge in [-0.1, -0.05) is 25.4 Å². The van der Waals surface area contributed by atoms with Gasteiger partial charge in [0.1, 0.15) is 5.75 Å². The third-order valence-electron chi connectivity index (χ3n) is 2.81. The van der Waals surface area contributed by atoms with E-state index in [2.05, 4.69) is 11.9 Å². The normalized spacial score (nSPS) is 14.2. The Morgan fingerprint density at radius 1 is 1.14 bits per heavy atom. The van der Waals surface area contributed by atoms with Crippen molar-refractivity contribution in [2.24, 2.45) is 0 Å². The van der Waals surface area contributed by atoms with Gasteiger partial charge in [-0.05, 0) is 38.2 Å². The Labute approximate surface area is 133 Å². The summed E-state index contributed by atoms with van der Waals surface area (Å²) in [5.74, 6) is 0.868. The lowest BCUT2D eigenvalue weighted by Crippen LogP contribution is -2.43. The Morgan fingerprint density at radius 2 is 1.67 bits per heavy atom. The Kier molecular flexibility index (Phi) is 11.7. The molecular formula is C16H27ClN2O2. The molecular weight excluding hydrogens is 288 g/mol. The minimum Gasteiger partial charge on any atom is -0.494 e. The van der Waals surface area contributed by atoms with Gasteiger partial charge in [0.05, 0.1) is 6.61 Å². The number of rotatable bonds is 3. The van der Waals surface area contributed by atoms with Crippen molar-refractivity contribution in [2.75, 3.05) is 39.8 Å². The number of nitrogens with zero attached hydrogens (tertiary/aromatic N) is 2. The highest BCUT2D eigenvalue weighted by Crippen LogP contribution is 2.14. The molecule has 0 aliphatic carbocycles. The van der Waals surface area contributed by atoms with E-state index in [1.807, 2.05) is 45.0 Å². The second kappa shape index (κ2) is 12.5. The molecule has 1 fully saturated rings. The first kappa shape index (κ1) is 19.7. The van der Waals surface area contributed by atoms with Crippen molar-refractivity contribution in [1.29, 1.82) is 0 Å². The standard InChI is InChI=1S/C8H9ClO.C6H12N2O.C2H6/c1-2-10-8-5-3-7(9)4-6-8;1-7-2-4-8(6-9)5-3-7;1-2/h3-6H,2H2,1H3;6H,2-5H2,1H3;1-2H3. The highest BCUT2D eigenvalue weighted by Gasteiger charge is 2.10. The van der Waals surface area contributed by atoms with Crippen LogP contribution in [0.1, 0.15) is 20.8 Å². The maximum absolute atomic E-state index is 10.2. The number of likely N-dealkylation sites (N-methyl/N-ethyl adjacent to an activating group) is 1. The number of hydrogen-bond acceptors (Lipinski definition) is 3. The van der Waals surface area contributed by atoms with Crippen LogP contribution in [0.15, 0.2) is 24.3 Å². The average molecular weight is 315 g/mol. The predicted octanol–water partition coefficient (Wildman–Crippen LogP) is 3.16. The molecule has 1 heterocycles. The number of hydrogen-bond donors (Lipinski definition) is 0. The van der Waals surface area contributed by atoms with E-state index in [1.54, 1.807) is 4.90 Å². The molecule has 1 aliphatic heterocycles. The quantitative estimate of drug-likeness (QED) is 0.803. The fraction of sp³-hybridized carbons (Fsp3) is 0.562. The molecule has 0 unspecified atom stereocenters. The van der Waals surface area contributed by atoms with Crippen molar-refractivity contribution in [2.45, 2.75) is 20.8 Å². The van der Waals surface area contributed by atoms with Gasteiger partial charge in [0.2, 0.25) is 6.41 Å². The third-order valence-corrected chi connectivity index (χ3v) is 3.06. The molecule has 0 atom stereocenters. The van der Waals surface area contributed by atoms with Gasteiger partial charge >= 0.3 is 0 Å². The van der Waals surface area contributed by atoms with Crippen LogP contribution in [0.25, 0.3) is 0 Å². The fourth-order valence-electron chi connectivity index (χ4n) is 1.62. The van der Waals surface area contributed by atoms with Crippen LogP contribution in [-0.4, -0.2) is 56.0 Å². The summed E-state index contributed by atoms with van der Waals surface area (Å²) in [7, 11) is 2.07. The monoisotopic (exact) mass is 314 g/mol. The van der Waals surface area contributed by atoms with E-state index in [9.17, 15) is 4.79 Å². The average Bonchev–Trinajstić information content (AvgIpc) is 2.53. The second-order valence-electron chi connectivity index (χ2n) is 4.33. The number of halogens is 1. The summed E-state index contributed by atoms with van der Waals surface area (Å²) in [4.78, 5) is 14.2. The Bertz CT molecular complexity index is 363. The molecule has 21 heavy (non-hydrogen) atoms. The molecule has 1 aromatic rings. The Hall–Kier alpha value is -1.26. The second-order valence-corrected chi connectivity index (χ2v) is 4.77. The van der Waals surface area contributed by atoms with Crippen LogP contribution in [0.4, 0.5) is 0 Å². The molecule has 1 amide bonds. The summed E-state index contributed by atoms with van der Waals surface area (Å²) in [6, 6.07) is 7.33. The molecule has 4 nitrogen and oxygen atoms in total. The molecule has 2 rings (SSSR count). The van der Waals surface area contributed by atoms with E-state index >= 15 is 0 Å². The summed E-state index contributed by atoms with van der Waals surface area (Å²) in [6.07, 6.45) is 0.924. The lowest BCUT2D eigenvalue weighted by molar-refractivity contribution is -0.119. The van der Waals surface area contributed by atoms with Crippen LogP contribution >= 0.6 is 11.6 Å². The number of piperazine rings is 1. The number of amides is 1. The van der Waals surface area contributed by atoms with E-state index in [4.69, 9.17) is 16.3 Å². The predicted molar refractivity (Wildman–Crippen MR) is 89.1 cm³/mol. The Morgan fingerprint density at radius 3 is 2.10 bits per heavy atom. The number of carbonyl (C=O) groups is 1. The highest BCUT2D eigenvalue weighted by atomic mass is 35.5. The highest BCUT2D eigenvalue weighted by molar-refractivity contribution is 6.30. The van der Waals surface area contributed by atoms with Crippen LogP contribution in [0.3, 0.4) is 0 Å². The van der Waals surface area contributed by atoms with Crippen molar-refractivity contribution < 1.29 is 9.53 Å². The van der Waals surface area contributed by atoms with E-state index in [-0.39, 0.29) is 0 Å². The van der Waals surface area contributed by atoms with Crippen LogP contribution in [0, 0.1) is 0 Å². The molecule has 1 aromatic carbocycles. The maximum atomic E-state index is 10.2. The fourth-order valence-corrected chi connectivity index (χ4v) is 1.75. The van der Waals surface area contributed by atoms with Crippen LogP contribution in [0.2, 0.25) is 5.02 Å². The molecule has 0 radical (unpaired) electrons. The van der Waals surface area contributed by atoms with Crippen LogP contribution in [0.5, 0.6) is 5.75 Å². The van der Waals surface area contributed by atoms with E-state index < -0.39 is 0 Å². The molecule has 1 aliphatic rings. The summed E-state index contributed by atoms with van der Waals surface area (Å²) in [6.45, 7) is 10.5. The third kappa shape index (κ3) is 9.32. The first-order chi connectivity index (χ1) is 10.2. The molecule has 1 saturated heterocycles. The zero-order chi connectivity index (χ0) is 16.1. The summed E-state index contributed by atoms with van der Waals surface area (Å²) in [5.41, 5.74) is 0. The number of benzene rings is 1. The van der Waals surface area contributed by atoms with Crippen molar-refractivity contribution in [3.05, 3.63) is 29.3 Å². The molecule has 0 saturated carbocycles. The first-order valence-corrected chi connectivity index (χ1v) is 7.79. The zero-order valence-electron chi connectivity index (χ0n) is 13.5. The lowest BCUT2D eigenvalue weighted by Gasteiger charge is -2.29. The lowest BCUT2D eigenvalue weighted by atomic mass is 10.3. The Balaban J connectivity index is 0.000000342. The molecule has 0 spiro atoms. The summed E-state index contributed by atoms with van der Waals surface area (Å²) in [5, 5.41) is 0.739. The molecule has 0 N–H and O–H groups in total. The van der Waals surface area contributed by atoms with Gasteiger partial charge in [0.15, 0.2) is 0 Å². The van der Waals surface area contributed by atoms with Gasteiger partial charge in [-0.3, -0.25) is 4.79 Å². The van der Waals surface area contributed by atoms with Gasteiger partial charge in [-0.2, -0.15) is 0 Å². The van der Waals surface area contributed by atoms with Gasteiger partial charge in [-0.15, -0.1) is 0 Å². The van der Waals surface area contributed by atoms with Gasteiger partial charge in [0.25, 0.3) is 0 Å². The first-order valence-electron chi connectivity index (χ1n) is 7.42. The SMILES string of the molecule is CC.CCOc1ccc(Cl)cc1.CN1CCN(C=O)CC1. The van der Waals surface area contributed by atoms with Crippen molar-refractivity contribution >= 4 is 18.0 Å². The summed E-state index contributed by atoms with van der Waals surface area (Å²) >= 11 is 5.66. The van der Waals surface area contributed by atoms with Gasteiger partial charge in [-0.25, -0.2) is 0 Å². The van der Waals surface area contributed by atoms with Crippen molar-refractivity contribution in [3.63, 3.8) is 0 Å². The largest absolute Gasteiger partial charge is 0.494 e. The van der Waals surface area contributed by atoms with Crippen molar-refractivity contribution in [1.82, 2.24) is 9.80 Å². The van der Waals surface area contributed by atoms with Gasteiger partial charge in [0, 0.05) is 31.2 Å². The topological polar surface area (TPSA) is 32.8 Å². The van der Waals surface area contributed by atoms with Gasteiger partial charge < -0.3 is 14.5 Å². The van der Waals surface area contributed by atoms with E-state index in [0.29, 0.717) is 6.61 Å². The van der Waals surface area contributed by atoms with E-state index in [0.717, 1.165) is 43.4 Å². The van der Waals surface area contributed by atoms with E-state index in [1.165, 1.54) is 0 Å². The van der Waals surface area contributed by atoms with Crippen LogP contribution in [-0.2, 0) is 4.79 Å². The molecule has 0 aromatic heterocycles. The zero-order valence-corrected chi connectivity index (χ0v) is 14.3.